The van der Waals surface area contributed by atoms with Gasteiger partial charge in [0.1, 0.15) is 5.82 Å². The third kappa shape index (κ3) is 5.00. The van der Waals surface area contributed by atoms with Crippen LogP contribution in [-0.2, 0) is 4.79 Å². The molecule has 5 nitrogen and oxygen atoms in total. The maximum Gasteiger partial charge on any atom is 0.232 e. The first-order chi connectivity index (χ1) is 12.1. The molecule has 0 unspecified atom stereocenters. The van der Waals surface area contributed by atoms with E-state index in [9.17, 15) is 4.79 Å². The predicted octanol–water partition coefficient (Wildman–Crippen LogP) is 3.00. The van der Waals surface area contributed by atoms with Crippen LogP contribution in [0.25, 0.3) is 0 Å². The Morgan fingerprint density at radius 2 is 2.08 bits per heavy atom. The topological polar surface area (TPSA) is 41.4 Å². The van der Waals surface area contributed by atoms with Gasteiger partial charge in [-0.05, 0) is 52.6 Å². The molecule has 0 bridgehead atoms. The van der Waals surface area contributed by atoms with E-state index >= 15 is 0 Å². The molecule has 0 N–H and O–H groups in total. The molecular formula is C19H32N4OS. The minimum atomic E-state index is 0.304. The van der Waals surface area contributed by atoms with Crippen LogP contribution >= 0.6 is 11.8 Å². The number of carbonyl (C=O) groups is 1. The Kier molecular flexibility index (Phi) is 6.82. The quantitative estimate of drug-likeness (QED) is 0.698. The number of nitrogens with zero attached hydrogens (tertiary/aromatic N) is 4. The van der Waals surface area contributed by atoms with Crippen molar-refractivity contribution in [1.29, 1.82) is 0 Å². The third-order valence-corrected chi connectivity index (χ3v) is 6.29. The van der Waals surface area contributed by atoms with Crippen LogP contribution in [0, 0.1) is 0 Å². The molecule has 3 rings (SSSR count). The Labute approximate surface area is 156 Å². The second-order valence-electron chi connectivity index (χ2n) is 7.57. The molecule has 140 valence electrons. The van der Waals surface area contributed by atoms with E-state index in [1.807, 2.05) is 6.20 Å². The second kappa shape index (κ2) is 9.08. The second-order valence-corrected chi connectivity index (χ2v) is 8.67. The molecule has 2 aliphatic heterocycles. The standard InChI is InChI=1S/C19H32N4OS/c1-16(2)23-11-7-20-19(23)17-6-5-10-22(14-17)18(24)15-25-13-12-21-8-3-4-9-21/h7,11,16-17H,3-6,8-10,12-15H2,1-2H3/t17-/m1/s1. The maximum absolute atomic E-state index is 12.6. The van der Waals surface area contributed by atoms with Crippen molar-refractivity contribution in [1.82, 2.24) is 19.4 Å². The molecule has 0 radical (unpaired) electrons. The summed E-state index contributed by atoms with van der Waals surface area (Å²) in [6.07, 6.45) is 8.85. The first-order valence-electron chi connectivity index (χ1n) is 9.75. The van der Waals surface area contributed by atoms with E-state index in [1.54, 1.807) is 11.8 Å². The largest absolute Gasteiger partial charge is 0.341 e. The summed E-state index contributed by atoms with van der Waals surface area (Å²) >= 11 is 1.79. The van der Waals surface area contributed by atoms with E-state index in [0.717, 1.165) is 44.1 Å². The van der Waals surface area contributed by atoms with Crippen molar-refractivity contribution in [3.63, 3.8) is 0 Å². The molecular weight excluding hydrogens is 332 g/mol. The van der Waals surface area contributed by atoms with Crippen LogP contribution in [0.4, 0.5) is 0 Å². The highest BCUT2D eigenvalue weighted by atomic mass is 32.2. The molecule has 0 saturated carbocycles. The van der Waals surface area contributed by atoms with Gasteiger partial charge >= 0.3 is 0 Å². The van der Waals surface area contributed by atoms with Gasteiger partial charge < -0.3 is 14.4 Å². The Bertz CT molecular complexity index is 553. The number of piperidine rings is 1. The van der Waals surface area contributed by atoms with Gasteiger partial charge in [-0.1, -0.05) is 0 Å². The van der Waals surface area contributed by atoms with Crippen molar-refractivity contribution < 1.29 is 4.79 Å². The number of hydrogen-bond donors (Lipinski definition) is 0. The molecule has 0 aromatic carbocycles. The normalized spacial score (nSPS) is 22.0. The van der Waals surface area contributed by atoms with E-state index in [1.165, 1.54) is 25.9 Å². The van der Waals surface area contributed by atoms with Crippen LogP contribution in [0.1, 0.15) is 57.3 Å². The van der Waals surface area contributed by atoms with E-state index in [2.05, 4.69) is 39.4 Å². The fraction of sp³-hybridized carbons (Fsp3) is 0.789. The number of rotatable bonds is 7. The van der Waals surface area contributed by atoms with E-state index in [0.29, 0.717) is 23.6 Å². The minimum absolute atomic E-state index is 0.304. The van der Waals surface area contributed by atoms with Gasteiger partial charge in [0.05, 0.1) is 5.75 Å². The van der Waals surface area contributed by atoms with Crippen molar-refractivity contribution in [3.05, 3.63) is 18.2 Å². The Morgan fingerprint density at radius 1 is 1.28 bits per heavy atom. The van der Waals surface area contributed by atoms with Crippen LogP contribution in [0.5, 0.6) is 0 Å². The lowest BCUT2D eigenvalue weighted by Gasteiger charge is -2.33. The van der Waals surface area contributed by atoms with Crippen LogP contribution in [0.2, 0.25) is 0 Å². The van der Waals surface area contributed by atoms with Gasteiger partial charge in [-0.3, -0.25) is 4.79 Å². The lowest BCUT2D eigenvalue weighted by Crippen LogP contribution is -2.41. The average molecular weight is 365 g/mol. The van der Waals surface area contributed by atoms with Crippen LogP contribution in [0.3, 0.4) is 0 Å². The van der Waals surface area contributed by atoms with E-state index in [-0.39, 0.29) is 0 Å². The van der Waals surface area contributed by atoms with Gasteiger partial charge in [-0.15, -0.1) is 0 Å². The number of aromatic nitrogens is 2. The van der Waals surface area contributed by atoms with Gasteiger partial charge in [0.25, 0.3) is 0 Å². The molecule has 6 heteroatoms. The number of likely N-dealkylation sites (tertiary alicyclic amines) is 2. The lowest BCUT2D eigenvalue weighted by atomic mass is 9.97. The number of hydrogen-bond acceptors (Lipinski definition) is 4. The van der Waals surface area contributed by atoms with Gasteiger partial charge in [0, 0.05) is 49.7 Å². The fourth-order valence-corrected chi connectivity index (χ4v) is 4.83. The predicted molar refractivity (Wildman–Crippen MR) is 104 cm³/mol. The van der Waals surface area contributed by atoms with Crippen molar-refractivity contribution in [2.75, 3.05) is 44.2 Å². The third-order valence-electron chi connectivity index (χ3n) is 5.37. The van der Waals surface area contributed by atoms with Crippen LogP contribution in [0.15, 0.2) is 12.4 Å². The van der Waals surface area contributed by atoms with Gasteiger partial charge in [0.15, 0.2) is 0 Å². The molecule has 2 aliphatic rings. The molecule has 3 heterocycles. The van der Waals surface area contributed by atoms with Crippen molar-refractivity contribution in [2.45, 2.75) is 51.5 Å². The van der Waals surface area contributed by atoms with Crippen LogP contribution in [-0.4, -0.2) is 69.5 Å². The molecule has 1 amide bonds. The Balaban J connectivity index is 1.45. The number of imidazole rings is 1. The maximum atomic E-state index is 12.6. The summed E-state index contributed by atoms with van der Waals surface area (Å²) in [5.74, 6) is 3.53. The monoisotopic (exact) mass is 364 g/mol. The Morgan fingerprint density at radius 3 is 2.84 bits per heavy atom. The average Bonchev–Trinajstić information content (AvgIpc) is 3.30. The molecule has 1 aromatic rings. The minimum Gasteiger partial charge on any atom is -0.341 e. The number of thioether (sulfide) groups is 1. The number of carbonyl (C=O) groups excluding carboxylic acids is 1. The van der Waals surface area contributed by atoms with Crippen molar-refractivity contribution >= 4 is 17.7 Å². The van der Waals surface area contributed by atoms with E-state index < -0.39 is 0 Å². The highest BCUT2D eigenvalue weighted by Gasteiger charge is 2.27. The van der Waals surface area contributed by atoms with Crippen LogP contribution < -0.4 is 0 Å². The van der Waals surface area contributed by atoms with Crippen molar-refractivity contribution in [3.8, 4) is 0 Å². The zero-order chi connectivity index (χ0) is 17.6. The first kappa shape index (κ1) is 18.8. The summed E-state index contributed by atoms with van der Waals surface area (Å²) in [5, 5.41) is 0. The summed E-state index contributed by atoms with van der Waals surface area (Å²) in [5.41, 5.74) is 0. The van der Waals surface area contributed by atoms with Gasteiger partial charge in [-0.2, -0.15) is 11.8 Å². The molecule has 1 atom stereocenters. The SMILES string of the molecule is CC(C)n1ccnc1[C@@H]1CCCN(C(=O)CSCCN2CCCC2)C1. The fourth-order valence-electron chi connectivity index (χ4n) is 3.94. The molecule has 25 heavy (non-hydrogen) atoms. The molecule has 0 spiro atoms. The molecule has 0 aliphatic carbocycles. The first-order valence-corrected chi connectivity index (χ1v) is 10.9. The smallest absolute Gasteiger partial charge is 0.232 e. The van der Waals surface area contributed by atoms with Gasteiger partial charge in [0.2, 0.25) is 5.91 Å². The summed E-state index contributed by atoms with van der Waals surface area (Å²) < 4.78 is 2.25. The highest BCUT2D eigenvalue weighted by Crippen LogP contribution is 2.27. The highest BCUT2D eigenvalue weighted by molar-refractivity contribution is 7.99. The number of amides is 1. The molecule has 1 aromatic heterocycles. The zero-order valence-electron chi connectivity index (χ0n) is 15.7. The molecule has 2 fully saturated rings. The zero-order valence-corrected chi connectivity index (χ0v) is 16.5. The summed E-state index contributed by atoms with van der Waals surface area (Å²) in [7, 11) is 0. The summed E-state index contributed by atoms with van der Waals surface area (Å²) in [6.45, 7) is 9.73. The lowest BCUT2D eigenvalue weighted by molar-refractivity contribution is -0.129. The van der Waals surface area contributed by atoms with Crippen molar-refractivity contribution in [2.24, 2.45) is 0 Å². The van der Waals surface area contributed by atoms with E-state index in [4.69, 9.17) is 0 Å². The molecule has 2 saturated heterocycles. The summed E-state index contributed by atoms with van der Waals surface area (Å²) in [6, 6.07) is 0.421. The summed E-state index contributed by atoms with van der Waals surface area (Å²) in [4.78, 5) is 21.8. The van der Waals surface area contributed by atoms with Gasteiger partial charge in [-0.25, -0.2) is 4.98 Å². The Hall–Kier alpha value is -1.01.